The van der Waals surface area contributed by atoms with Crippen LogP contribution < -0.4 is 20.9 Å². The molecule has 0 radical (unpaired) electrons. The van der Waals surface area contributed by atoms with E-state index in [4.69, 9.17) is 10.6 Å². The first kappa shape index (κ1) is 14.5. The second kappa shape index (κ2) is 6.49. The highest BCUT2D eigenvalue weighted by Crippen LogP contribution is 2.18. The van der Waals surface area contributed by atoms with Crippen LogP contribution in [0.25, 0.3) is 0 Å². The molecular weight excluding hydrogens is 276 g/mol. The summed E-state index contributed by atoms with van der Waals surface area (Å²) in [7, 11) is 1.91. The van der Waals surface area contributed by atoms with Crippen molar-refractivity contribution in [3.05, 3.63) is 22.4 Å². The molecular formula is C12H18N6OS. The summed E-state index contributed by atoms with van der Waals surface area (Å²) in [6.45, 7) is 4.54. The van der Waals surface area contributed by atoms with Gasteiger partial charge in [0.05, 0.1) is 12.6 Å². The molecule has 0 unspecified atom stereocenters. The first-order valence-electron chi connectivity index (χ1n) is 6.21. The fourth-order valence-corrected chi connectivity index (χ4v) is 2.31. The molecule has 0 spiro atoms. The molecule has 2 rings (SSSR count). The summed E-state index contributed by atoms with van der Waals surface area (Å²) in [5.74, 6) is 6.17. The van der Waals surface area contributed by atoms with Crippen LogP contribution in [-0.4, -0.2) is 28.1 Å². The van der Waals surface area contributed by atoms with Crippen molar-refractivity contribution in [2.45, 2.75) is 26.5 Å². The van der Waals surface area contributed by atoms with Crippen molar-refractivity contribution >= 4 is 23.2 Å². The molecule has 0 aromatic carbocycles. The van der Waals surface area contributed by atoms with Crippen LogP contribution in [0.4, 0.5) is 11.9 Å². The van der Waals surface area contributed by atoms with Crippen LogP contribution in [-0.2, 0) is 6.54 Å². The zero-order valence-electron chi connectivity index (χ0n) is 11.7. The first-order chi connectivity index (χ1) is 9.58. The van der Waals surface area contributed by atoms with Gasteiger partial charge < -0.3 is 9.64 Å². The van der Waals surface area contributed by atoms with E-state index in [9.17, 15) is 0 Å². The maximum Gasteiger partial charge on any atom is 0.323 e. The van der Waals surface area contributed by atoms with Gasteiger partial charge in [0, 0.05) is 11.9 Å². The molecule has 2 heterocycles. The zero-order valence-corrected chi connectivity index (χ0v) is 12.5. The number of hydrogen-bond donors (Lipinski definition) is 2. The standard InChI is InChI=1S/C12H18N6OS/c1-8(2)19-12-15-10(17-13)14-11(16-12)18(3)7-9-5-4-6-20-9/h4-6,8H,7,13H2,1-3H3,(H,14,15,16,17). The van der Waals surface area contributed by atoms with Gasteiger partial charge in [-0.1, -0.05) is 6.07 Å². The fraction of sp³-hybridized carbons (Fsp3) is 0.417. The third-order valence-corrected chi connectivity index (χ3v) is 3.25. The summed E-state index contributed by atoms with van der Waals surface area (Å²) in [5, 5.41) is 2.04. The Morgan fingerprint density at radius 1 is 1.40 bits per heavy atom. The largest absolute Gasteiger partial charge is 0.461 e. The second-order valence-electron chi connectivity index (χ2n) is 4.49. The molecule has 0 amide bonds. The van der Waals surface area contributed by atoms with Crippen LogP contribution in [0, 0.1) is 0 Å². The molecule has 20 heavy (non-hydrogen) atoms. The SMILES string of the molecule is CC(C)Oc1nc(NN)nc(N(C)Cc2cccs2)n1. The molecule has 2 aromatic rings. The quantitative estimate of drug-likeness (QED) is 0.618. The number of anilines is 2. The number of rotatable bonds is 6. The summed E-state index contributed by atoms with van der Waals surface area (Å²) >= 11 is 1.69. The Bertz CT molecular complexity index is 545. The molecule has 0 saturated carbocycles. The van der Waals surface area contributed by atoms with Gasteiger partial charge in [0.25, 0.3) is 0 Å². The normalized spacial score (nSPS) is 10.7. The average Bonchev–Trinajstić information content (AvgIpc) is 2.90. The van der Waals surface area contributed by atoms with Gasteiger partial charge in [0.2, 0.25) is 11.9 Å². The molecule has 3 N–H and O–H groups in total. The lowest BCUT2D eigenvalue weighted by atomic mass is 10.4. The van der Waals surface area contributed by atoms with Gasteiger partial charge in [0.1, 0.15) is 0 Å². The minimum absolute atomic E-state index is 0.0153. The molecule has 0 aliphatic heterocycles. The number of nitrogens with one attached hydrogen (secondary N) is 1. The van der Waals surface area contributed by atoms with Crippen molar-refractivity contribution in [1.29, 1.82) is 0 Å². The van der Waals surface area contributed by atoms with E-state index < -0.39 is 0 Å². The average molecular weight is 294 g/mol. The van der Waals surface area contributed by atoms with Gasteiger partial charge >= 0.3 is 6.01 Å². The van der Waals surface area contributed by atoms with Gasteiger partial charge in [-0.05, 0) is 25.3 Å². The van der Waals surface area contributed by atoms with Gasteiger partial charge in [0.15, 0.2) is 0 Å². The van der Waals surface area contributed by atoms with Crippen LogP contribution in [0.5, 0.6) is 6.01 Å². The second-order valence-corrected chi connectivity index (χ2v) is 5.52. The molecule has 0 bridgehead atoms. The highest BCUT2D eigenvalue weighted by atomic mass is 32.1. The maximum absolute atomic E-state index is 5.50. The Morgan fingerprint density at radius 3 is 2.80 bits per heavy atom. The smallest absolute Gasteiger partial charge is 0.323 e. The summed E-state index contributed by atoms with van der Waals surface area (Å²) in [6, 6.07) is 4.34. The Hall–Kier alpha value is -1.93. The number of hydrazine groups is 1. The van der Waals surface area contributed by atoms with Crippen molar-refractivity contribution in [3.8, 4) is 6.01 Å². The van der Waals surface area contributed by atoms with Crippen LogP contribution in [0.2, 0.25) is 0 Å². The number of nitrogens with zero attached hydrogens (tertiary/aromatic N) is 4. The Balaban J connectivity index is 2.20. The van der Waals surface area contributed by atoms with E-state index >= 15 is 0 Å². The number of nitrogen functional groups attached to an aromatic ring is 1. The summed E-state index contributed by atoms with van der Waals surface area (Å²) in [4.78, 5) is 15.7. The predicted molar refractivity (Wildman–Crippen MR) is 79.8 cm³/mol. The monoisotopic (exact) mass is 294 g/mol. The van der Waals surface area contributed by atoms with Gasteiger partial charge in [-0.25, -0.2) is 5.84 Å². The minimum Gasteiger partial charge on any atom is -0.461 e. The summed E-state index contributed by atoms with van der Waals surface area (Å²) in [6.07, 6.45) is -0.0153. The van der Waals surface area contributed by atoms with Gasteiger partial charge in [-0.15, -0.1) is 11.3 Å². The molecule has 0 saturated heterocycles. The molecule has 7 nitrogen and oxygen atoms in total. The van der Waals surface area contributed by atoms with E-state index in [0.717, 1.165) is 0 Å². The van der Waals surface area contributed by atoms with Gasteiger partial charge in [-0.3, -0.25) is 5.43 Å². The lowest BCUT2D eigenvalue weighted by Crippen LogP contribution is -2.22. The predicted octanol–water partition coefficient (Wildman–Crippen LogP) is 1.64. The molecule has 0 atom stereocenters. The fourth-order valence-electron chi connectivity index (χ4n) is 1.55. The topological polar surface area (TPSA) is 89.2 Å². The number of ether oxygens (including phenoxy) is 1. The number of hydrogen-bond acceptors (Lipinski definition) is 8. The number of thiophene rings is 1. The van der Waals surface area contributed by atoms with E-state index in [2.05, 4.69) is 26.4 Å². The Kier molecular flexibility index (Phi) is 4.70. The third kappa shape index (κ3) is 3.78. The van der Waals surface area contributed by atoms with Crippen molar-refractivity contribution in [2.75, 3.05) is 17.4 Å². The van der Waals surface area contributed by atoms with E-state index in [1.807, 2.05) is 37.2 Å². The van der Waals surface area contributed by atoms with E-state index in [1.165, 1.54) is 4.88 Å². The lowest BCUT2D eigenvalue weighted by Gasteiger charge is -2.17. The third-order valence-electron chi connectivity index (χ3n) is 2.39. The van der Waals surface area contributed by atoms with Crippen LogP contribution >= 0.6 is 11.3 Å². The molecule has 0 fully saturated rings. The van der Waals surface area contributed by atoms with Crippen molar-refractivity contribution < 1.29 is 4.74 Å². The lowest BCUT2D eigenvalue weighted by molar-refractivity contribution is 0.222. The van der Waals surface area contributed by atoms with Crippen molar-refractivity contribution in [1.82, 2.24) is 15.0 Å². The molecule has 0 aliphatic carbocycles. The Morgan fingerprint density at radius 2 is 2.20 bits per heavy atom. The summed E-state index contributed by atoms with van der Waals surface area (Å²) < 4.78 is 5.50. The van der Waals surface area contributed by atoms with Crippen LogP contribution in [0.1, 0.15) is 18.7 Å². The van der Waals surface area contributed by atoms with Crippen molar-refractivity contribution in [2.24, 2.45) is 5.84 Å². The highest BCUT2D eigenvalue weighted by Gasteiger charge is 2.12. The molecule has 2 aromatic heterocycles. The van der Waals surface area contributed by atoms with Crippen molar-refractivity contribution in [3.63, 3.8) is 0 Å². The highest BCUT2D eigenvalue weighted by molar-refractivity contribution is 7.09. The number of aromatic nitrogens is 3. The van der Waals surface area contributed by atoms with E-state index in [-0.39, 0.29) is 18.1 Å². The van der Waals surface area contributed by atoms with E-state index in [1.54, 1.807) is 11.3 Å². The molecule has 0 aliphatic rings. The Labute approximate surface area is 121 Å². The molecule has 8 heteroatoms. The van der Waals surface area contributed by atoms with Crippen LogP contribution in [0.3, 0.4) is 0 Å². The molecule has 108 valence electrons. The summed E-state index contributed by atoms with van der Waals surface area (Å²) in [5.41, 5.74) is 2.43. The van der Waals surface area contributed by atoms with E-state index in [0.29, 0.717) is 12.5 Å². The maximum atomic E-state index is 5.50. The first-order valence-corrected chi connectivity index (χ1v) is 7.09. The zero-order chi connectivity index (χ0) is 14.5. The van der Waals surface area contributed by atoms with Crippen LogP contribution in [0.15, 0.2) is 17.5 Å². The number of nitrogens with two attached hydrogens (primary N) is 1. The minimum atomic E-state index is -0.0153. The van der Waals surface area contributed by atoms with Gasteiger partial charge in [-0.2, -0.15) is 15.0 Å².